The number of hydrogen-bond acceptors (Lipinski definition) is 3. The number of benzene rings is 1. The Balaban J connectivity index is 1.90. The summed E-state index contributed by atoms with van der Waals surface area (Å²) in [7, 11) is 0. The second kappa shape index (κ2) is 5.83. The van der Waals surface area contributed by atoms with E-state index in [9.17, 15) is 9.59 Å². The third-order valence-corrected chi connectivity index (χ3v) is 4.29. The quantitative estimate of drug-likeness (QED) is 0.868. The highest BCUT2D eigenvalue weighted by Gasteiger charge is 2.42. The lowest BCUT2D eigenvalue weighted by Gasteiger charge is -2.37. The predicted molar refractivity (Wildman–Crippen MR) is 80.8 cm³/mol. The van der Waals surface area contributed by atoms with Crippen LogP contribution in [-0.4, -0.2) is 35.2 Å². The van der Waals surface area contributed by atoms with Gasteiger partial charge in [-0.2, -0.15) is 0 Å². The Kier molecular flexibility index (Phi) is 3.88. The molecule has 0 radical (unpaired) electrons. The minimum atomic E-state index is -0.918. The molecule has 0 spiro atoms. The fraction of sp³-hybridized carbons (Fsp3) is 0.412. The Morgan fingerprint density at radius 3 is 2.82 bits per heavy atom. The van der Waals surface area contributed by atoms with Gasteiger partial charge in [-0.1, -0.05) is 18.7 Å². The summed E-state index contributed by atoms with van der Waals surface area (Å²) < 4.78 is 5.19. The molecule has 116 valence electrons. The minimum Gasteiger partial charge on any atom is -0.478 e. The van der Waals surface area contributed by atoms with E-state index in [1.807, 2.05) is 6.07 Å². The van der Waals surface area contributed by atoms with Crippen molar-refractivity contribution in [2.45, 2.75) is 25.3 Å². The van der Waals surface area contributed by atoms with E-state index in [0.717, 1.165) is 24.0 Å². The number of rotatable bonds is 4. The van der Waals surface area contributed by atoms with E-state index in [0.29, 0.717) is 24.4 Å². The van der Waals surface area contributed by atoms with Gasteiger partial charge in [-0.05, 0) is 48.4 Å². The van der Waals surface area contributed by atoms with Crippen molar-refractivity contribution >= 4 is 12.1 Å². The van der Waals surface area contributed by atoms with Crippen LogP contribution in [0.15, 0.2) is 30.9 Å². The van der Waals surface area contributed by atoms with Gasteiger partial charge in [-0.15, -0.1) is 0 Å². The monoisotopic (exact) mass is 301 g/mol. The Morgan fingerprint density at radius 1 is 1.41 bits per heavy atom. The lowest BCUT2D eigenvalue weighted by atomic mass is 9.89. The Morgan fingerprint density at radius 2 is 2.18 bits per heavy atom. The zero-order chi connectivity index (χ0) is 15.7. The van der Waals surface area contributed by atoms with Crippen molar-refractivity contribution in [1.29, 1.82) is 0 Å². The van der Waals surface area contributed by atoms with Crippen LogP contribution in [0.1, 0.15) is 40.4 Å². The molecular formula is C17H19NO4. The van der Waals surface area contributed by atoms with Gasteiger partial charge in [0.1, 0.15) is 6.61 Å². The summed E-state index contributed by atoms with van der Waals surface area (Å²) in [4.78, 5) is 25.1. The van der Waals surface area contributed by atoms with Crippen molar-refractivity contribution in [2.24, 2.45) is 5.92 Å². The van der Waals surface area contributed by atoms with Crippen LogP contribution < -0.4 is 0 Å². The largest absolute Gasteiger partial charge is 0.478 e. The lowest BCUT2D eigenvalue weighted by molar-refractivity contribution is 0.0694. The van der Waals surface area contributed by atoms with Gasteiger partial charge in [0.05, 0.1) is 11.6 Å². The van der Waals surface area contributed by atoms with E-state index < -0.39 is 5.97 Å². The molecule has 1 saturated carbocycles. The zero-order valence-corrected chi connectivity index (χ0v) is 12.3. The summed E-state index contributed by atoms with van der Waals surface area (Å²) in [6.07, 6.45) is 4.08. The molecule has 1 aromatic carbocycles. The van der Waals surface area contributed by atoms with Crippen LogP contribution in [0, 0.1) is 5.92 Å². The van der Waals surface area contributed by atoms with Crippen LogP contribution in [0.4, 0.5) is 4.79 Å². The molecule has 1 heterocycles. The summed E-state index contributed by atoms with van der Waals surface area (Å²) in [5, 5.41) is 9.12. The smallest absolute Gasteiger partial charge is 0.410 e. The molecule has 0 aromatic heterocycles. The summed E-state index contributed by atoms with van der Waals surface area (Å²) in [5.41, 5.74) is 2.40. The third kappa shape index (κ3) is 2.71. The molecule has 5 heteroatoms. The predicted octanol–water partition coefficient (Wildman–Crippen LogP) is 3.02. The average Bonchev–Trinajstić information content (AvgIpc) is 3.35. The second-order valence-corrected chi connectivity index (χ2v) is 5.81. The highest BCUT2D eigenvalue weighted by molar-refractivity contribution is 5.88. The number of carboxylic acids is 1. The molecule has 1 atom stereocenters. The fourth-order valence-electron chi connectivity index (χ4n) is 3.13. The molecule has 5 nitrogen and oxygen atoms in total. The first-order valence-electron chi connectivity index (χ1n) is 7.52. The number of carboxylic acid groups (broad SMARTS) is 1. The molecule has 0 bridgehead atoms. The number of amides is 1. The zero-order valence-electron chi connectivity index (χ0n) is 12.3. The maximum Gasteiger partial charge on any atom is 0.410 e. The van der Waals surface area contributed by atoms with Gasteiger partial charge in [0.2, 0.25) is 0 Å². The first-order chi connectivity index (χ1) is 10.6. The first-order valence-corrected chi connectivity index (χ1v) is 7.52. The minimum absolute atomic E-state index is 0.00362. The van der Waals surface area contributed by atoms with E-state index in [1.54, 1.807) is 23.1 Å². The second-order valence-electron chi connectivity index (χ2n) is 5.81. The van der Waals surface area contributed by atoms with Gasteiger partial charge in [-0.25, -0.2) is 9.59 Å². The molecule has 1 aliphatic carbocycles. The van der Waals surface area contributed by atoms with Gasteiger partial charge in [0, 0.05) is 6.54 Å². The molecule has 1 fully saturated rings. The molecule has 0 saturated heterocycles. The number of hydrogen-bond donors (Lipinski definition) is 1. The van der Waals surface area contributed by atoms with E-state index in [-0.39, 0.29) is 18.7 Å². The third-order valence-electron chi connectivity index (χ3n) is 4.29. The van der Waals surface area contributed by atoms with E-state index in [2.05, 4.69) is 6.58 Å². The normalized spacial score (nSPS) is 20.2. The molecule has 1 unspecified atom stereocenters. The van der Waals surface area contributed by atoms with Crippen LogP contribution in [0.3, 0.4) is 0 Å². The number of ether oxygens (including phenoxy) is 1. The van der Waals surface area contributed by atoms with Gasteiger partial charge < -0.3 is 14.7 Å². The SMILES string of the molecule is C=CCOC(=O)N1CCc2cc(C(=O)O)ccc2C1C1CC1. The Labute approximate surface area is 129 Å². The summed E-state index contributed by atoms with van der Waals surface area (Å²) in [5.74, 6) is -0.468. The van der Waals surface area contributed by atoms with E-state index >= 15 is 0 Å². The Hall–Kier alpha value is -2.30. The summed E-state index contributed by atoms with van der Waals surface area (Å²) in [6.45, 7) is 4.32. The van der Waals surface area contributed by atoms with Crippen LogP contribution in [0.25, 0.3) is 0 Å². The highest BCUT2D eigenvalue weighted by Crippen LogP contribution is 2.47. The highest BCUT2D eigenvalue weighted by atomic mass is 16.6. The number of aromatic carboxylic acids is 1. The van der Waals surface area contributed by atoms with Crippen molar-refractivity contribution in [2.75, 3.05) is 13.2 Å². The van der Waals surface area contributed by atoms with Crippen molar-refractivity contribution in [1.82, 2.24) is 4.90 Å². The summed E-state index contributed by atoms with van der Waals surface area (Å²) >= 11 is 0. The van der Waals surface area contributed by atoms with Crippen LogP contribution in [-0.2, 0) is 11.2 Å². The van der Waals surface area contributed by atoms with Crippen molar-refractivity contribution in [3.63, 3.8) is 0 Å². The number of carbonyl (C=O) groups is 2. The topological polar surface area (TPSA) is 66.8 Å². The molecule has 22 heavy (non-hydrogen) atoms. The van der Waals surface area contributed by atoms with Gasteiger partial charge in [0.25, 0.3) is 0 Å². The lowest BCUT2D eigenvalue weighted by Crippen LogP contribution is -2.41. The molecule has 1 aromatic rings. The molecule has 2 aliphatic rings. The van der Waals surface area contributed by atoms with Gasteiger partial charge >= 0.3 is 12.1 Å². The van der Waals surface area contributed by atoms with Gasteiger partial charge in [-0.3, -0.25) is 0 Å². The van der Waals surface area contributed by atoms with Crippen molar-refractivity contribution in [3.8, 4) is 0 Å². The van der Waals surface area contributed by atoms with E-state index in [1.165, 1.54) is 0 Å². The van der Waals surface area contributed by atoms with Crippen molar-refractivity contribution in [3.05, 3.63) is 47.5 Å². The number of nitrogens with zero attached hydrogens (tertiary/aromatic N) is 1. The van der Waals surface area contributed by atoms with Crippen LogP contribution in [0.2, 0.25) is 0 Å². The molecule has 1 amide bonds. The standard InChI is InChI=1S/C17H19NO4/c1-2-9-22-17(21)18-8-7-12-10-13(16(19)20)5-6-14(12)15(18)11-3-4-11/h2,5-6,10-11,15H,1,3-4,7-9H2,(H,19,20). The van der Waals surface area contributed by atoms with Crippen molar-refractivity contribution < 1.29 is 19.4 Å². The molecule has 1 N–H and O–H groups in total. The summed E-state index contributed by atoms with van der Waals surface area (Å²) in [6, 6.07) is 5.22. The Bertz CT molecular complexity index is 621. The molecule has 1 aliphatic heterocycles. The maximum absolute atomic E-state index is 12.2. The van der Waals surface area contributed by atoms with Crippen LogP contribution in [0.5, 0.6) is 0 Å². The number of fused-ring (bicyclic) bond motifs is 1. The first kappa shape index (κ1) is 14.6. The van der Waals surface area contributed by atoms with Crippen LogP contribution >= 0.6 is 0 Å². The van der Waals surface area contributed by atoms with E-state index in [4.69, 9.17) is 9.84 Å². The fourth-order valence-corrected chi connectivity index (χ4v) is 3.13. The van der Waals surface area contributed by atoms with Gasteiger partial charge in [0.15, 0.2) is 0 Å². The molecule has 3 rings (SSSR count). The maximum atomic E-state index is 12.2. The average molecular weight is 301 g/mol. The molecular weight excluding hydrogens is 282 g/mol. The number of carbonyl (C=O) groups excluding carboxylic acids is 1.